The summed E-state index contributed by atoms with van der Waals surface area (Å²) in [7, 11) is 0. The molecule has 0 amide bonds. The fraction of sp³-hybridized carbons (Fsp3) is 0.273. The molecule has 0 aliphatic rings. The van der Waals surface area contributed by atoms with Crippen LogP contribution in [0.2, 0.25) is 0 Å². The number of benzene rings is 2. The van der Waals surface area contributed by atoms with Crippen molar-refractivity contribution in [3.05, 3.63) is 76.3 Å². The van der Waals surface area contributed by atoms with Crippen LogP contribution in [0.1, 0.15) is 36.7 Å². The van der Waals surface area contributed by atoms with Gasteiger partial charge in [0, 0.05) is 11.1 Å². The van der Waals surface area contributed by atoms with Gasteiger partial charge in [0.15, 0.2) is 12.4 Å². The van der Waals surface area contributed by atoms with Gasteiger partial charge in [-0.25, -0.2) is 4.79 Å². The number of aromatic nitrogens is 2. The molecule has 0 bridgehead atoms. The number of hydrogen-bond acceptors (Lipinski definition) is 6. The van der Waals surface area contributed by atoms with Gasteiger partial charge in [-0.2, -0.15) is 4.68 Å². The summed E-state index contributed by atoms with van der Waals surface area (Å²) in [6.45, 7) is 5.40. The normalized spacial score (nSPS) is 11.3. The van der Waals surface area contributed by atoms with Crippen molar-refractivity contribution in [2.45, 2.75) is 32.7 Å². The zero-order chi connectivity index (χ0) is 21.0. The topological polar surface area (TPSA) is 91.4 Å². The Bertz CT molecular complexity index is 1060. The van der Waals surface area contributed by atoms with Gasteiger partial charge in [-0.15, -0.1) is 5.10 Å². The van der Waals surface area contributed by atoms with Gasteiger partial charge < -0.3 is 9.15 Å². The molecule has 0 unspecified atom stereocenters. The average molecular weight is 394 g/mol. The van der Waals surface area contributed by atoms with E-state index in [0.717, 1.165) is 10.2 Å². The van der Waals surface area contributed by atoms with Crippen molar-refractivity contribution >= 4 is 11.8 Å². The van der Waals surface area contributed by atoms with E-state index in [1.807, 2.05) is 18.2 Å². The van der Waals surface area contributed by atoms with Crippen LogP contribution in [-0.4, -0.2) is 28.1 Å². The predicted octanol–water partition coefficient (Wildman–Crippen LogP) is 3.23. The molecule has 1 heterocycles. The second kappa shape index (κ2) is 8.26. The third-order valence-corrected chi connectivity index (χ3v) is 4.34. The van der Waals surface area contributed by atoms with Crippen molar-refractivity contribution in [3.63, 3.8) is 0 Å². The molecule has 2 aromatic carbocycles. The third kappa shape index (κ3) is 5.07. The van der Waals surface area contributed by atoms with Crippen molar-refractivity contribution in [1.82, 2.24) is 9.78 Å². The smallest absolute Gasteiger partial charge is 0.437 e. The highest BCUT2D eigenvalue weighted by Gasteiger charge is 2.17. The van der Waals surface area contributed by atoms with Crippen molar-refractivity contribution in [2.24, 2.45) is 0 Å². The Labute approximate surface area is 167 Å². The number of ether oxygens (including phenoxy) is 1. The van der Waals surface area contributed by atoms with E-state index in [0.29, 0.717) is 11.1 Å². The highest BCUT2D eigenvalue weighted by Crippen LogP contribution is 2.22. The highest BCUT2D eigenvalue weighted by molar-refractivity contribution is 5.97. The number of carbonyl (C=O) groups excluding carboxylic acids is 2. The molecular formula is C22H22N2O5. The number of carbonyl (C=O) groups is 2. The Morgan fingerprint density at radius 1 is 1.03 bits per heavy atom. The summed E-state index contributed by atoms with van der Waals surface area (Å²) < 4.78 is 10.9. The molecule has 0 aliphatic carbocycles. The Morgan fingerprint density at radius 3 is 2.31 bits per heavy atom. The fourth-order valence-corrected chi connectivity index (χ4v) is 2.66. The van der Waals surface area contributed by atoms with Crippen molar-refractivity contribution < 1.29 is 18.7 Å². The van der Waals surface area contributed by atoms with E-state index in [9.17, 15) is 14.4 Å². The van der Waals surface area contributed by atoms with Crippen LogP contribution in [0, 0.1) is 0 Å². The van der Waals surface area contributed by atoms with Gasteiger partial charge in [0.1, 0.15) is 6.54 Å². The Hall–Kier alpha value is -3.48. The third-order valence-electron chi connectivity index (χ3n) is 4.34. The van der Waals surface area contributed by atoms with E-state index in [1.54, 1.807) is 36.4 Å². The molecular weight excluding hydrogens is 372 g/mol. The quantitative estimate of drug-likeness (QED) is 0.471. The zero-order valence-corrected chi connectivity index (χ0v) is 16.5. The molecule has 0 spiro atoms. The first kappa shape index (κ1) is 20.3. The molecule has 3 rings (SSSR count). The molecule has 0 aliphatic heterocycles. The summed E-state index contributed by atoms with van der Waals surface area (Å²) in [6.07, 6.45) is 0. The van der Waals surface area contributed by atoms with Gasteiger partial charge in [-0.3, -0.25) is 9.59 Å². The number of Topliss-reactive ketones (excluding diaryl/α,β-unsaturated/α-hetero) is 1. The number of ketones is 1. The first-order valence-electron chi connectivity index (χ1n) is 9.17. The molecule has 0 N–H and O–H groups in total. The summed E-state index contributed by atoms with van der Waals surface area (Å²) in [4.78, 5) is 36.1. The molecule has 7 heteroatoms. The molecule has 0 fully saturated rings. The lowest BCUT2D eigenvalue weighted by Crippen LogP contribution is -2.24. The minimum Gasteiger partial charge on any atom is -0.456 e. The molecule has 1 aromatic heterocycles. The maximum atomic E-state index is 12.2. The summed E-state index contributed by atoms with van der Waals surface area (Å²) in [5.74, 6) is -1.74. The SMILES string of the molecule is CC(C)(C)c1ccc(C(=O)COC(=O)Cn2nc(-c3ccccc3)oc2=O)cc1. The first-order chi connectivity index (χ1) is 13.7. The van der Waals surface area contributed by atoms with Crippen molar-refractivity contribution in [3.8, 4) is 11.5 Å². The van der Waals surface area contributed by atoms with Crippen molar-refractivity contribution in [1.29, 1.82) is 0 Å². The molecule has 0 radical (unpaired) electrons. The second-order valence-corrected chi connectivity index (χ2v) is 7.61. The largest absolute Gasteiger partial charge is 0.456 e. The Kier molecular flexibility index (Phi) is 5.77. The lowest BCUT2D eigenvalue weighted by atomic mass is 9.86. The molecule has 0 atom stereocenters. The first-order valence-corrected chi connectivity index (χ1v) is 9.17. The van der Waals surface area contributed by atoms with E-state index in [4.69, 9.17) is 9.15 Å². The molecule has 29 heavy (non-hydrogen) atoms. The van der Waals surface area contributed by atoms with E-state index in [1.165, 1.54) is 0 Å². The fourth-order valence-electron chi connectivity index (χ4n) is 2.66. The summed E-state index contributed by atoms with van der Waals surface area (Å²) >= 11 is 0. The minimum atomic E-state index is -0.773. The van der Waals surface area contributed by atoms with Crippen LogP contribution in [0.15, 0.2) is 63.8 Å². The van der Waals surface area contributed by atoms with Crippen LogP contribution >= 0.6 is 0 Å². The van der Waals surface area contributed by atoms with E-state index >= 15 is 0 Å². The maximum Gasteiger partial charge on any atom is 0.437 e. The van der Waals surface area contributed by atoms with Gasteiger partial charge >= 0.3 is 11.7 Å². The lowest BCUT2D eigenvalue weighted by Gasteiger charge is -2.18. The summed E-state index contributed by atoms with van der Waals surface area (Å²) in [5, 5.41) is 3.99. The van der Waals surface area contributed by atoms with Gasteiger partial charge in [0.2, 0.25) is 5.89 Å². The van der Waals surface area contributed by atoms with Crippen LogP contribution in [0.5, 0.6) is 0 Å². The van der Waals surface area contributed by atoms with Crippen LogP contribution in [-0.2, 0) is 21.5 Å². The molecule has 0 saturated carbocycles. The number of hydrogen-bond donors (Lipinski definition) is 0. The van der Waals surface area contributed by atoms with E-state index < -0.39 is 24.9 Å². The van der Waals surface area contributed by atoms with Gasteiger partial charge in [-0.05, 0) is 23.1 Å². The number of nitrogens with zero attached hydrogens (tertiary/aromatic N) is 2. The zero-order valence-electron chi connectivity index (χ0n) is 16.5. The summed E-state index contributed by atoms with van der Waals surface area (Å²) in [6, 6.07) is 16.0. The molecule has 0 saturated heterocycles. The second-order valence-electron chi connectivity index (χ2n) is 7.61. The monoisotopic (exact) mass is 394 g/mol. The maximum absolute atomic E-state index is 12.2. The lowest BCUT2D eigenvalue weighted by molar-refractivity contribution is -0.143. The molecule has 150 valence electrons. The van der Waals surface area contributed by atoms with E-state index in [-0.39, 0.29) is 17.1 Å². The Morgan fingerprint density at radius 2 is 1.69 bits per heavy atom. The predicted molar refractivity (Wildman–Crippen MR) is 107 cm³/mol. The van der Waals surface area contributed by atoms with Gasteiger partial charge in [-0.1, -0.05) is 63.2 Å². The average Bonchev–Trinajstić information content (AvgIpc) is 3.06. The highest BCUT2D eigenvalue weighted by atomic mass is 16.5. The van der Waals surface area contributed by atoms with Gasteiger partial charge in [0.25, 0.3) is 0 Å². The molecule has 7 nitrogen and oxygen atoms in total. The van der Waals surface area contributed by atoms with Crippen LogP contribution in [0.25, 0.3) is 11.5 Å². The van der Waals surface area contributed by atoms with Crippen LogP contribution in [0.4, 0.5) is 0 Å². The van der Waals surface area contributed by atoms with Crippen molar-refractivity contribution in [2.75, 3.05) is 6.61 Å². The van der Waals surface area contributed by atoms with Crippen LogP contribution < -0.4 is 5.76 Å². The Balaban J connectivity index is 1.58. The number of esters is 1. The van der Waals surface area contributed by atoms with Gasteiger partial charge in [0.05, 0.1) is 0 Å². The standard InChI is InChI=1S/C22H22N2O5/c1-22(2,3)17-11-9-15(10-12-17)18(25)14-28-19(26)13-24-21(27)29-20(23-24)16-7-5-4-6-8-16/h4-12H,13-14H2,1-3H3. The summed E-state index contributed by atoms with van der Waals surface area (Å²) in [5.41, 5.74) is 2.16. The molecule has 3 aromatic rings. The number of rotatable bonds is 6. The van der Waals surface area contributed by atoms with Crippen LogP contribution in [0.3, 0.4) is 0 Å². The minimum absolute atomic E-state index is 0.0164. The van der Waals surface area contributed by atoms with E-state index in [2.05, 4.69) is 25.9 Å².